The van der Waals surface area contributed by atoms with Gasteiger partial charge in [0.25, 0.3) is 7.82 Å². The van der Waals surface area contributed by atoms with Gasteiger partial charge < -0.3 is 34.3 Å². The van der Waals surface area contributed by atoms with Gasteiger partial charge in [0, 0.05) is 5.39 Å². The Labute approximate surface area is 278 Å². The number of aliphatic hydroxyl groups excluding tert-OH is 1. The third-order valence-electron chi connectivity index (χ3n) is 6.91. The minimum Gasteiger partial charge on any atom is -0.756 e. The molecule has 1 saturated heterocycles. The van der Waals surface area contributed by atoms with Crippen LogP contribution in [0.3, 0.4) is 0 Å². The molecular formula is C28H33ClFN6O10P2-. The van der Waals surface area contributed by atoms with Crippen molar-refractivity contribution in [1.82, 2.24) is 24.6 Å². The van der Waals surface area contributed by atoms with Crippen LogP contribution in [0.2, 0.25) is 5.28 Å². The fraction of sp³-hybridized carbons (Fsp3) is 0.429. The molecule has 1 fully saturated rings. The summed E-state index contributed by atoms with van der Waals surface area (Å²) < 4.78 is 69.8. The number of nitrogen functional groups attached to an aromatic ring is 1. The Kier molecular flexibility index (Phi) is 10.5. The number of rotatable bonds is 12. The predicted molar refractivity (Wildman–Crippen MR) is 169 cm³/mol. The monoisotopic (exact) mass is 729 g/mol. The van der Waals surface area contributed by atoms with Crippen LogP contribution in [0.5, 0.6) is 5.75 Å². The lowest BCUT2D eigenvalue weighted by Gasteiger charge is -2.30. The van der Waals surface area contributed by atoms with Gasteiger partial charge in [-0.3, -0.25) is 13.9 Å². The topological polar surface area (TPSA) is 222 Å². The Morgan fingerprint density at radius 2 is 1.94 bits per heavy atom. The number of nitrogens with zero attached hydrogens (tertiary/aromatic N) is 4. The molecule has 1 aliphatic heterocycles. The first-order valence-corrected chi connectivity index (χ1v) is 17.9. The van der Waals surface area contributed by atoms with E-state index in [0.717, 1.165) is 10.9 Å². The van der Waals surface area contributed by atoms with Gasteiger partial charge in [0.15, 0.2) is 23.9 Å². The molecule has 20 heteroatoms. The summed E-state index contributed by atoms with van der Waals surface area (Å²) in [6, 6.07) is 10.2. The number of imidazole rings is 1. The highest BCUT2D eigenvalue weighted by Gasteiger charge is 2.47. The van der Waals surface area contributed by atoms with Crippen molar-refractivity contribution in [3.05, 3.63) is 54.1 Å². The number of nitrogens with one attached hydrogen (secondary N) is 1. The third-order valence-corrected chi connectivity index (χ3v) is 10.3. The van der Waals surface area contributed by atoms with Crippen LogP contribution in [0, 0.1) is 5.41 Å². The van der Waals surface area contributed by atoms with Gasteiger partial charge in [0.2, 0.25) is 5.28 Å². The average molecular weight is 730 g/mol. The molecule has 4 N–H and O–H groups in total. The van der Waals surface area contributed by atoms with Crippen molar-refractivity contribution >= 4 is 60.9 Å². The Bertz CT molecular complexity index is 1910. The summed E-state index contributed by atoms with van der Waals surface area (Å²) in [5.41, 5.74) is 5.50. The Hall–Kier alpha value is -3.24. The van der Waals surface area contributed by atoms with Crippen molar-refractivity contribution in [3.8, 4) is 5.75 Å². The van der Waals surface area contributed by atoms with Crippen LogP contribution in [0.25, 0.3) is 21.9 Å². The molecule has 4 aromatic rings. The molecular weight excluding hydrogens is 697 g/mol. The number of carbonyl (C=O) groups excluding carboxylic acids is 1. The van der Waals surface area contributed by atoms with E-state index in [1.807, 2.05) is 20.8 Å². The highest BCUT2D eigenvalue weighted by Crippen LogP contribution is 2.59. The van der Waals surface area contributed by atoms with Gasteiger partial charge in [0.1, 0.15) is 29.5 Å². The van der Waals surface area contributed by atoms with Crippen molar-refractivity contribution in [2.75, 3.05) is 18.9 Å². The zero-order chi connectivity index (χ0) is 35.0. The van der Waals surface area contributed by atoms with E-state index in [9.17, 15) is 23.9 Å². The lowest BCUT2D eigenvalue weighted by Crippen LogP contribution is -2.36. The van der Waals surface area contributed by atoms with Crippen molar-refractivity contribution in [2.24, 2.45) is 5.41 Å². The SMILES string of the molecule is C[C@H](NP(=O)(Oc1cccc2ccccc12)OP(=O)([O-])OC[C@H]1O[C@@H](n2cnc3c(N)nc(Cl)nc32)[C@H](F)C1O)C(=O)OCC(C)(C)C. The predicted octanol–water partition coefficient (Wildman–Crippen LogP) is 4.07. The number of ether oxygens (including phenoxy) is 2. The number of aromatic nitrogens is 4. The number of hydrogen-bond acceptors (Lipinski definition) is 14. The fourth-order valence-electron chi connectivity index (χ4n) is 4.66. The van der Waals surface area contributed by atoms with Gasteiger partial charge in [-0.2, -0.15) is 15.1 Å². The number of esters is 1. The molecule has 260 valence electrons. The largest absolute Gasteiger partial charge is 0.756 e. The van der Waals surface area contributed by atoms with E-state index < -0.39 is 64.2 Å². The number of anilines is 1. The van der Waals surface area contributed by atoms with Crippen molar-refractivity contribution in [1.29, 1.82) is 0 Å². The summed E-state index contributed by atoms with van der Waals surface area (Å²) >= 11 is 5.88. The van der Waals surface area contributed by atoms with Gasteiger partial charge in [-0.15, -0.1) is 0 Å². The second-order valence-electron chi connectivity index (χ2n) is 12.1. The summed E-state index contributed by atoms with van der Waals surface area (Å²) in [5.74, 6) is -0.976. The van der Waals surface area contributed by atoms with Crippen molar-refractivity contribution in [2.45, 2.75) is 58.3 Å². The molecule has 7 atom stereocenters. The van der Waals surface area contributed by atoms with E-state index in [0.29, 0.717) is 10.8 Å². The normalized spacial score (nSPS) is 23.1. The van der Waals surface area contributed by atoms with E-state index in [1.165, 1.54) is 13.0 Å². The van der Waals surface area contributed by atoms with Crippen LogP contribution in [0.1, 0.15) is 33.9 Å². The first-order valence-electron chi connectivity index (χ1n) is 14.5. The Morgan fingerprint density at radius 1 is 1.23 bits per heavy atom. The van der Waals surface area contributed by atoms with Crippen LogP contribution in [0.4, 0.5) is 10.2 Å². The number of benzene rings is 2. The van der Waals surface area contributed by atoms with Gasteiger partial charge >= 0.3 is 13.7 Å². The molecule has 2 aromatic heterocycles. The maximum Gasteiger partial charge on any atom is 0.465 e. The molecule has 0 radical (unpaired) electrons. The van der Waals surface area contributed by atoms with Crippen LogP contribution in [-0.4, -0.2) is 68.2 Å². The molecule has 3 heterocycles. The smallest absolute Gasteiger partial charge is 0.465 e. The molecule has 5 rings (SSSR count). The number of alkyl halides is 1. The molecule has 3 unspecified atom stereocenters. The second-order valence-corrected chi connectivity index (χ2v) is 15.7. The maximum atomic E-state index is 15.3. The number of phosphoric acid groups is 1. The number of fused-ring (bicyclic) bond motifs is 2. The van der Waals surface area contributed by atoms with Crippen LogP contribution in [0.15, 0.2) is 48.8 Å². The number of carbonyl (C=O) groups is 1. The summed E-state index contributed by atoms with van der Waals surface area (Å²) in [6.45, 7) is 5.81. The fourth-order valence-corrected chi connectivity index (χ4v) is 7.77. The molecule has 0 amide bonds. The van der Waals surface area contributed by atoms with Crippen molar-refractivity contribution < 1.29 is 51.1 Å². The molecule has 16 nitrogen and oxygen atoms in total. The summed E-state index contributed by atoms with van der Waals surface area (Å²) in [7, 11) is -10.6. The van der Waals surface area contributed by atoms with Gasteiger partial charge in [-0.05, 0) is 35.4 Å². The van der Waals surface area contributed by atoms with Gasteiger partial charge in [-0.25, -0.2) is 18.3 Å². The molecule has 48 heavy (non-hydrogen) atoms. The van der Waals surface area contributed by atoms with E-state index in [1.54, 1.807) is 36.4 Å². The second kappa shape index (κ2) is 13.9. The standard InChI is InChI=1S/C28H34ClFN6O10P2/c1-15(26(38)42-13-28(2,3)4)35-47(39,45-18-11-7-9-16-8-5-6-10-17(16)18)46-48(40,41)43-12-19-22(37)20(30)25(44-19)36-14-32-21-23(31)33-27(29)34-24(21)36/h5-11,14-15,19-20,22,25,37H,12-13H2,1-4H3,(H,35,39)(H,40,41)(H2,31,33,34)/p-1/t15-,19+,20+,22?,25+,47?/m0/s1. The van der Waals surface area contributed by atoms with Crippen LogP contribution >= 0.6 is 27.2 Å². The average Bonchev–Trinajstić information content (AvgIpc) is 3.54. The zero-order valence-corrected chi connectivity index (χ0v) is 28.6. The molecule has 1 aliphatic rings. The minimum absolute atomic E-state index is 0.000470. The van der Waals surface area contributed by atoms with E-state index >= 15 is 4.39 Å². The molecule has 2 aromatic carbocycles. The zero-order valence-electron chi connectivity index (χ0n) is 26.1. The number of aliphatic hydroxyl groups is 1. The molecule has 0 aliphatic carbocycles. The molecule has 0 saturated carbocycles. The van der Waals surface area contributed by atoms with Gasteiger partial charge in [-0.1, -0.05) is 57.2 Å². The maximum absolute atomic E-state index is 15.3. The number of phosphoric ester groups is 1. The van der Waals surface area contributed by atoms with Gasteiger partial charge in [0.05, 0.1) is 19.5 Å². The first-order chi connectivity index (χ1) is 22.5. The Balaban J connectivity index is 1.33. The molecule has 0 bridgehead atoms. The quantitative estimate of drug-likeness (QED) is 0.106. The highest BCUT2D eigenvalue weighted by atomic mass is 35.5. The summed E-state index contributed by atoms with van der Waals surface area (Å²) in [5, 5.41) is 13.7. The van der Waals surface area contributed by atoms with E-state index in [4.69, 9.17) is 40.2 Å². The van der Waals surface area contributed by atoms with Crippen LogP contribution < -0.4 is 20.2 Å². The highest BCUT2D eigenvalue weighted by molar-refractivity contribution is 7.63. The lowest BCUT2D eigenvalue weighted by atomic mass is 9.99. The van der Waals surface area contributed by atoms with E-state index in [2.05, 4.69) is 20.0 Å². The number of hydrogen-bond donors (Lipinski definition) is 3. The number of halogens is 2. The van der Waals surface area contributed by atoms with Crippen LogP contribution in [-0.2, 0) is 32.2 Å². The van der Waals surface area contributed by atoms with Crippen molar-refractivity contribution in [3.63, 3.8) is 0 Å². The minimum atomic E-state index is -5.61. The van der Waals surface area contributed by atoms with E-state index in [-0.39, 0.29) is 34.6 Å². The third kappa shape index (κ3) is 8.30. The first kappa shape index (κ1) is 36.1. The molecule has 0 spiro atoms. The summed E-state index contributed by atoms with van der Waals surface area (Å²) in [4.78, 5) is 37.6. The number of nitrogens with two attached hydrogens (primary N) is 1. The lowest BCUT2D eigenvalue weighted by molar-refractivity contribution is -0.220. The Morgan fingerprint density at radius 3 is 2.67 bits per heavy atom. The summed E-state index contributed by atoms with van der Waals surface area (Å²) in [6.07, 6.45) is -5.97.